The van der Waals surface area contributed by atoms with Gasteiger partial charge in [0, 0.05) is 19.2 Å². The third-order valence-corrected chi connectivity index (χ3v) is 5.27. The van der Waals surface area contributed by atoms with Gasteiger partial charge in [0.2, 0.25) is 0 Å². The fourth-order valence-corrected chi connectivity index (χ4v) is 3.90. The molecule has 10 heteroatoms. The molecule has 0 aliphatic heterocycles. The lowest BCUT2D eigenvalue weighted by atomic mass is 9.95. The molecule has 1 heterocycles. The van der Waals surface area contributed by atoms with Gasteiger partial charge in [-0.2, -0.15) is 0 Å². The molecule has 2 N–H and O–H groups in total. The Morgan fingerprint density at radius 2 is 1.52 bits per heavy atom. The second-order valence-corrected chi connectivity index (χ2v) is 7.96. The highest BCUT2D eigenvalue weighted by Crippen LogP contribution is 2.39. The molecule has 6 nitrogen and oxygen atoms in total. The highest BCUT2D eigenvalue weighted by atomic mass is 19.2. The van der Waals surface area contributed by atoms with Gasteiger partial charge in [0.1, 0.15) is 5.52 Å². The molecule has 0 saturated heterocycles. The van der Waals surface area contributed by atoms with E-state index in [9.17, 15) is 10.2 Å². The zero-order chi connectivity index (χ0) is 24.0. The normalized spacial score (nSPS) is 11.8. The zero-order valence-corrected chi connectivity index (χ0v) is 17.9. The van der Waals surface area contributed by atoms with Crippen molar-refractivity contribution in [3.05, 3.63) is 70.8 Å². The Kier molecular flexibility index (Phi) is 5.91. The Balaban J connectivity index is 1.94. The number of aliphatic hydroxyl groups excluding tert-OH is 1. The molecule has 1 aromatic heterocycles. The lowest BCUT2D eigenvalue weighted by molar-refractivity contribution is -0.0415. The Morgan fingerprint density at radius 3 is 2.09 bits per heavy atom. The fourth-order valence-electron chi connectivity index (χ4n) is 3.90. The van der Waals surface area contributed by atoms with Gasteiger partial charge >= 0.3 is 0 Å². The second-order valence-electron chi connectivity index (χ2n) is 7.96. The number of aliphatic hydroxyl groups is 2. The fraction of sp³-hybridized carbons (Fsp3) is 0.217. The minimum Gasteiger partial charge on any atom is -0.364 e. The van der Waals surface area contributed by atoms with E-state index in [4.69, 9.17) is 0 Å². The van der Waals surface area contributed by atoms with Crippen molar-refractivity contribution in [2.75, 3.05) is 14.1 Å². The van der Waals surface area contributed by atoms with E-state index in [2.05, 4.69) is 10.3 Å². The van der Waals surface area contributed by atoms with Crippen LogP contribution in [0.3, 0.4) is 0 Å². The van der Waals surface area contributed by atoms with Crippen LogP contribution in [0.2, 0.25) is 0 Å². The molecule has 4 rings (SSSR count). The van der Waals surface area contributed by atoms with Crippen LogP contribution >= 0.6 is 0 Å². The average molecular weight is 460 g/mol. The summed E-state index contributed by atoms with van der Waals surface area (Å²) < 4.78 is 61.8. The Labute approximate surface area is 186 Å². The molecule has 172 valence electrons. The van der Waals surface area contributed by atoms with Gasteiger partial charge < -0.3 is 15.1 Å². The minimum atomic E-state index is -2.04. The van der Waals surface area contributed by atoms with E-state index in [0.717, 1.165) is 6.07 Å². The van der Waals surface area contributed by atoms with Gasteiger partial charge in [0.15, 0.2) is 29.6 Å². The summed E-state index contributed by atoms with van der Waals surface area (Å²) in [5, 5.41) is 27.0. The summed E-state index contributed by atoms with van der Waals surface area (Å²) in [6, 6.07) is 8.32. The van der Waals surface area contributed by atoms with Crippen LogP contribution in [0.1, 0.15) is 17.4 Å². The van der Waals surface area contributed by atoms with Crippen molar-refractivity contribution >= 4 is 11.0 Å². The molecule has 3 aromatic carbocycles. The van der Waals surface area contributed by atoms with Crippen molar-refractivity contribution < 1.29 is 27.8 Å². The summed E-state index contributed by atoms with van der Waals surface area (Å²) in [5.41, 5.74) is -1.32. The van der Waals surface area contributed by atoms with Gasteiger partial charge in [-0.15, -0.1) is 5.10 Å². The smallest absolute Gasteiger partial charge is 0.180 e. The number of fused-ring (bicyclic) bond motifs is 1. The summed E-state index contributed by atoms with van der Waals surface area (Å²) in [4.78, 5) is 1.84. The maximum absolute atomic E-state index is 15.2. The SMILES string of the molecule is CN(C)Cc1cccc(-c2c(F)c(F)c(-c3cc(C(O)O)c4c(c3)nnn4C)c(F)c2F)c1. The molecule has 0 atom stereocenters. The van der Waals surface area contributed by atoms with Gasteiger partial charge in [-0.3, -0.25) is 0 Å². The van der Waals surface area contributed by atoms with Crippen LogP contribution in [0.5, 0.6) is 0 Å². The maximum atomic E-state index is 15.2. The van der Waals surface area contributed by atoms with E-state index in [1.165, 1.54) is 29.9 Å². The summed E-state index contributed by atoms with van der Waals surface area (Å²) in [6.07, 6.45) is -2.04. The molecule has 0 radical (unpaired) electrons. The summed E-state index contributed by atoms with van der Waals surface area (Å²) in [5.74, 6) is -6.33. The lowest BCUT2D eigenvalue weighted by Crippen LogP contribution is -2.10. The summed E-state index contributed by atoms with van der Waals surface area (Å²) in [6.45, 7) is 0.463. The quantitative estimate of drug-likeness (QED) is 0.269. The molecule has 0 aliphatic carbocycles. The van der Waals surface area contributed by atoms with Crippen LogP contribution in [0.15, 0.2) is 36.4 Å². The number of benzene rings is 3. The topological polar surface area (TPSA) is 74.4 Å². The van der Waals surface area contributed by atoms with Crippen molar-refractivity contribution in [3.63, 3.8) is 0 Å². The Bertz CT molecular complexity index is 1340. The molecule has 0 aliphatic rings. The molecule has 0 unspecified atom stereocenters. The van der Waals surface area contributed by atoms with Crippen molar-refractivity contribution in [3.8, 4) is 22.3 Å². The average Bonchev–Trinajstić information content (AvgIpc) is 3.12. The van der Waals surface area contributed by atoms with Gasteiger partial charge in [-0.05, 0) is 49.0 Å². The van der Waals surface area contributed by atoms with E-state index < -0.39 is 40.7 Å². The molecule has 0 amide bonds. The molecule has 0 fully saturated rings. The number of halogens is 4. The molecular formula is C23H20F4N4O2. The number of hydrogen-bond acceptors (Lipinski definition) is 5. The van der Waals surface area contributed by atoms with Gasteiger partial charge in [-0.25, -0.2) is 22.2 Å². The molecular weight excluding hydrogens is 440 g/mol. The lowest BCUT2D eigenvalue weighted by Gasteiger charge is -2.15. The Hall–Kier alpha value is -3.34. The minimum absolute atomic E-state index is 0.00968. The van der Waals surface area contributed by atoms with Crippen LogP contribution in [-0.4, -0.2) is 44.2 Å². The largest absolute Gasteiger partial charge is 0.364 e. The second kappa shape index (κ2) is 8.54. The summed E-state index contributed by atoms with van der Waals surface area (Å²) in [7, 11) is 5.11. The molecule has 0 saturated carbocycles. The highest BCUT2D eigenvalue weighted by molar-refractivity contribution is 5.86. The van der Waals surface area contributed by atoms with Gasteiger partial charge in [0.05, 0.1) is 16.6 Å². The maximum Gasteiger partial charge on any atom is 0.180 e. The van der Waals surface area contributed by atoms with E-state index >= 15 is 17.6 Å². The van der Waals surface area contributed by atoms with E-state index in [-0.39, 0.29) is 27.7 Å². The molecule has 4 aromatic rings. The monoisotopic (exact) mass is 460 g/mol. The third kappa shape index (κ3) is 3.97. The van der Waals surface area contributed by atoms with E-state index in [0.29, 0.717) is 12.1 Å². The predicted octanol–water partition coefficient (Wildman–Crippen LogP) is 3.90. The number of aromatic nitrogens is 3. The van der Waals surface area contributed by atoms with Crippen LogP contribution in [0, 0.1) is 23.3 Å². The number of rotatable bonds is 5. The molecule has 0 bridgehead atoms. The standard InChI is InChI=1S/C23H20F4N4O2/c1-30(2)10-11-5-4-6-12(7-11)16-18(24)20(26)17(21(27)19(16)25)13-8-14(23(32)33)22-15(9-13)28-29-31(22)3/h4-9,23,32-33H,10H2,1-3H3. The first-order chi connectivity index (χ1) is 15.6. The predicted molar refractivity (Wildman–Crippen MR) is 114 cm³/mol. The molecule has 33 heavy (non-hydrogen) atoms. The zero-order valence-electron chi connectivity index (χ0n) is 17.9. The first-order valence-corrected chi connectivity index (χ1v) is 9.90. The van der Waals surface area contributed by atoms with Gasteiger partial charge in [-0.1, -0.05) is 23.4 Å². The van der Waals surface area contributed by atoms with Crippen LogP contribution in [-0.2, 0) is 13.6 Å². The van der Waals surface area contributed by atoms with Crippen LogP contribution < -0.4 is 0 Å². The number of nitrogens with zero attached hydrogens (tertiary/aromatic N) is 4. The number of hydrogen-bond donors (Lipinski definition) is 2. The van der Waals surface area contributed by atoms with Crippen LogP contribution in [0.4, 0.5) is 17.6 Å². The van der Waals surface area contributed by atoms with Gasteiger partial charge in [0.25, 0.3) is 0 Å². The van der Waals surface area contributed by atoms with Crippen molar-refractivity contribution in [1.82, 2.24) is 19.9 Å². The number of aryl methyl sites for hydroxylation is 1. The van der Waals surface area contributed by atoms with Crippen molar-refractivity contribution in [2.24, 2.45) is 7.05 Å². The van der Waals surface area contributed by atoms with E-state index in [1.807, 2.05) is 19.0 Å². The first-order valence-electron chi connectivity index (χ1n) is 9.90. The highest BCUT2D eigenvalue weighted by Gasteiger charge is 2.28. The summed E-state index contributed by atoms with van der Waals surface area (Å²) >= 11 is 0. The Morgan fingerprint density at radius 1 is 0.909 bits per heavy atom. The molecule has 0 spiro atoms. The van der Waals surface area contributed by atoms with Crippen LogP contribution in [0.25, 0.3) is 33.3 Å². The third-order valence-electron chi connectivity index (χ3n) is 5.27. The van der Waals surface area contributed by atoms with Crippen molar-refractivity contribution in [1.29, 1.82) is 0 Å². The van der Waals surface area contributed by atoms with E-state index in [1.54, 1.807) is 12.1 Å². The van der Waals surface area contributed by atoms with Crippen molar-refractivity contribution in [2.45, 2.75) is 12.8 Å². The first kappa shape index (κ1) is 22.8.